The van der Waals surface area contributed by atoms with Crippen LogP contribution < -0.4 is 15.5 Å². The van der Waals surface area contributed by atoms with Gasteiger partial charge in [-0.2, -0.15) is 0 Å². The van der Waals surface area contributed by atoms with Crippen molar-refractivity contribution in [1.82, 2.24) is 0 Å². The van der Waals surface area contributed by atoms with Gasteiger partial charge < -0.3 is 20.1 Å². The molecule has 7 nitrogen and oxygen atoms in total. The number of carbonyl (C=O) groups excluding carboxylic acids is 2. The molecule has 22 heavy (non-hydrogen) atoms. The summed E-state index contributed by atoms with van der Waals surface area (Å²) in [6.07, 6.45) is -0.673. The second-order valence-electron chi connectivity index (χ2n) is 4.94. The van der Waals surface area contributed by atoms with Crippen LogP contribution in [-0.4, -0.2) is 51.5 Å². The predicted octanol–water partition coefficient (Wildman–Crippen LogP) is 0.970. The first kappa shape index (κ1) is 16.3. The van der Waals surface area contributed by atoms with Crippen LogP contribution in [0.2, 0.25) is 0 Å². The lowest BCUT2D eigenvalue weighted by atomic mass is 10.2. The minimum Gasteiger partial charge on any atom is -0.443 e. The van der Waals surface area contributed by atoms with Crippen LogP contribution in [0.3, 0.4) is 0 Å². The molecule has 1 saturated heterocycles. The van der Waals surface area contributed by atoms with Crippen LogP contribution in [0.1, 0.15) is 6.92 Å². The quantitative estimate of drug-likeness (QED) is 0.846. The molecule has 1 unspecified atom stereocenters. The Bertz CT molecular complexity index is 511. The zero-order chi connectivity index (χ0) is 16.1. The second kappa shape index (κ2) is 7.24. The van der Waals surface area contributed by atoms with Gasteiger partial charge in [0.05, 0.1) is 6.54 Å². The summed E-state index contributed by atoms with van der Waals surface area (Å²) in [4.78, 5) is 26.9. The highest BCUT2D eigenvalue weighted by Gasteiger charge is 2.31. The molecule has 2 N–H and O–H groups in total. The molecule has 2 amide bonds. The summed E-state index contributed by atoms with van der Waals surface area (Å²) in [5.74, 6) is -0.110. The average molecular weight is 307 g/mol. The monoisotopic (exact) mass is 307 g/mol. The molecule has 7 heteroatoms. The summed E-state index contributed by atoms with van der Waals surface area (Å²) in [6.45, 7) is 3.21. The first-order valence-corrected chi connectivity index (χ1v) is 7.18. The van der Waals surface area contributed by atoms with Crippen molar-refractivity contribution in [2.75, 3.05) is 43.2 Å². The van der Waals surface area contributed by atoms with E-state index in [2.05, 4.69) is 0 Å². The minimum atomic E-state index is -0.397. The van der Waals surface area contributed by atoms with Gasteiger partial charge in [0.15, 0.2) is 0 Å². The molecule has 1 aromatic carbocycles. The van der Waals surface area contributed by atoms with Crippen LogP contribution in [0.4, 0.5) is 16.2 Å². The Hall–Kier alpha value is -2.12. The topological polar surface area (TPSA) is 85.1 Å². The molecule has 1 fully saturated rings. The van der Waals surface area contributed by atoms with Crippen molar-refractivity contribution in [3.8, 4) is 0 Å². The number of hydrogen-bond donors (Lipinski definition) is 1. The molecule has 1 heterocycles. The van der Waals surface area contributed by atoms with Gasteiger partial charge in [-0.25, -0.2) is 4.79 Å². The molecule has 1 aromatic rings. The average Bonchev–Trinajstić information content (AvgIpc) is 2.90. The molecule has 1 aliphatic rings. The van der Waals surface area contributed by atoms with E-state index in [1.54, 1.807) is 29.2 Å². The molecular formula is C15H21N3O4. The Balaban J connectivity index is 2.13. The lowest BCUT2D eigenvalue weighted by Gasteiger charge is -2.21. The van der Waals surface area contributed by atoms with Crippen molar-refractivity contribution in [2.24, 2.45) is 5.73 Å². The third-order valence-electron chi connectivity index (χ3n) is 3.50. The number of cyclic esters (lactones) is 1. The number of likely N-dealkylation sites (N-methyl/N-ethyl adjacent to an activating group) is 1. The van der Waals surface area contributed by atoms with Crippen LogP contribution in [-0.2, 0) is 14.3 Å². The number of carbonyl (C=O) groups is 2. The molecule has 0 radical (unpaired) electrons. The third-order valence-corrected chi connectivity index (χ3v) is 3.50. The van der Waals surface area contributed by atoms with E-state index in [4.69, 9.17) is 15.2 Å². The highest BCUT2D eigenvalue weighted by atomic mass is 16.6. The van der Waals surface area contributed by atoms with E-state index in [1.807, 2.05) is 6.92 Å². The highest BCUT2D eigenvalue weighted by molar-refractivity contribution is 5.95. The van der Waals surface area contributed by atoms with Gasteiger partial charge in [0, 0.05) is 31.6 Å². The maximum atomic E-state index is 12.0. The van der Waals surface area contributed by atoms with Crippen molar-refractivity contribution < 1.29 is 19.1 Å². The van der Waals surface area contributed by atoms with Crippen molar-refractivity contribution in [2.45, 2.75) is 13.0 Å². The lowest BCUT2D eigenvalue weighted by molar-refractivity contribution is -0.122. The number of nitrogens with zero attached hydrogens (tertiary/aromatic N) is 2. The van der Waals surface area contributed by atoms with E-state index in [0.717, 1.165) is 11.4 Å². The van der Waals surface area contributed by atoms with Crippen molar-refractivity contribution in [1.29, 1.82) is 0 Å². The Labute approximate surface area is 129 Å². The van der Waals surface area contributed by atoms with E-state index in [1.165, 1.54) is 12.0 Å². The summed E-state index contributed by atoms with van der Waals surface area (Å²) in [5.41, 5.74) is 7.00. The molecule has 0 aliphatic carbocycles. The maximum absolute atomic E-state index is 12.0. The van der Waals surface area contributed by atoms with Gasteiger partial charge in [-0.15, -0.1) is 0 Å². The summed E-state index contributed by atoms with van der Waals surface area (Å²) in [6, 6.07) is 7.18. The third kappa shape index (κ3) is 3.37. The standard InChI is InChI=1S/C15H21N3O4/c1-3-17(14(19)10-21-2)11-4-6-12(7-5-11)18-9-13(8-16)22-15(18)20/h4-7,13H,3,8-10,16H2,1-2H3. The highest BCUT2D eigenvalue weighted by Crippen LogP contribution is 2.24. The lowest BCUT2D eigenvalue weighted by Crippen LogP contribution is -2.33. The van der Waals surface area contributed by atoms with Gasteiger partial charge in [0.1, 0.15) is 12.7 Å². The summed E-state index contributed by atoms with van der Waals surface area (Å²) >= 11 is 0. The smallest absolute Gasteiger partial charge is 0.414 e. The first-order chi connectivity index (χ1) is 10.6. The second-order valence-corrected chi connectivity index (χ2v) is 4.94. The van der Waals surface area contributed by atoms with Gasteiger partial charge >= 0.3 is 6.09 Å². The van der Waals surface area contributed by atoms with Crippen LogP contribution in [0.15, 0.2) is 24.3 Å². The fourth-order valence-corrected chi connectivity index (χ4v) is 2.37. The predicted molar refractivity (Wildman–Crippen MR) is 83.0 cm³/mol. The Morgan fingerprint density at radius 3 is 2.64 bits per heavy atom. The maximum Gasteiger partial charge on any atom is 0.414 e. The summed E-state index contributed by atoms with van der Waals surface area (Å²) < 4.78 is 10.0. The number of anilines is 2. The van der Waals surface area contributed by atoms with Gasteiger partial charge in [-0.05, 0) is 31.2 Å². The van der Waals surface area contributed by atoms with Crippen LogP contribution in [0, 0.1) is 0 Å². The molecule has 1 aliphatic heterocycles. The zero-order valence-electron chi connectivity index (χ0n) is 12.8. The van der Waals surface area contributed by atoms with Gasteiger partial charge in [0.25, 0.3) is 5.91 Å². The molecule has 0 bridgehead atoms. The van der Waals surface area contributed by atoms with Crippen molar-refractivity contribution in [3.05, 3.63) is 24.3 Å². The number of nitrogens with two attached hydrogens (primary N) is 1. The van der Waals surface area contributed by atoms with Crippen LogP contribution in [0.5, 0.6) is 0 Å². The number of benzene rings is 1. The van der Waals surface area contributed by atoms with Gasteiger partial charge in [-0.3, -0.25) is 9.69 Å². The molecule has 0 saturated carbocycles. The number of hydrogen-bond acceptors (Lipinski definition) is 5. The van der Waals surface area contributed by atoms with Crippen LogP contribution >= 0.6 is 0 Å². The van der Waals surface area contributed by atoms with Crippen molar-refractivity contribution in [3.63, 3.8) is 0 Å². The number of ether oxygens (including phenoxy) is 2. The molecular weight excluding hydrogens is 286 g/mol. The Kier molecular flexibility index (Phi) is 5.35. The fourth-order valence-electron chi connectivity index (χ4n) is 2.37. The van der Waals surface area contributed by atoms with Gasteiger partial charge in [0.2, 0.25) is 0 Å². The number of amides is 2. The summed E-state index contributed by atoms with van der Waals surface area (Å²) in [5, 5.41) is 0. The first-order valence-electron chi connectivity index (χ1n) is 7.18. The molecule has 0 aromatic heterocycles. The van der Waals surface area contributed by atoms with Crippen LogP contribution in [0.25, 0.3) is 0 Å². The minimum absolute atomic E-state index is 0.0340. The molecule has 1 atom stereocenters. The van der Waals surface area contributed by atoms with E-state index in [0.29, 0.717) is 19.6 Å². The zero-order valence-corrected chi connectivity index (χ0v) is 12.8. The molecule has 0 spiro atoms. The largest absolute Gasteiger partial charge is 0.443 e. The SMILES string of the molecule is CCN(C(=O)COC)c1ccc(N2CC(CN)OC2=O)cc1. The van der Waals surface area contributed by atoms with E-state index in [-0.39, 0.29) is 18.6 Å². The normalized spacial score (nSPS) is 17.5. The number of rotatable bonds is 6. The van der Waals surface area contributed by atoms with E-state index >= 15 is 0 Å². The molecule has 120 valence electrons. The van der Waals surface area contributed by atoms with Crippen molar-refractivity contribution >= 4 is 23.4 Å². The van der Waals surface area contributed by atoms with E-state index in [9.17, 15) is 9.59 Å². The summed E-state index contributed by atoms with van der Waals surface area (Å²) in [7, 11) is 1.49. The molecule has 2 rings (SSSR count). The van der Waals surface area contributed by atoms with E-state index < -0.39 is 6.09 Å². The number of methoxy groups -OCH3 is 1. The Morgan fingerprint density at radius 2 is 2.14 bits per heavy atom. The van der Waals surface area contributed by atoms with Gasteiger partial charge in [-0.1, -0.05) is 0 Å². The Morgan fingerprint density at radius 1 is 1.45 bits per heavy atom. The fraction of sp³-hybridized carbons (Fsp3) is 0.467.